The molecular weight excluding hydrogens is 329 g/mol. The smallest absolute Gasteiger partial charge is 0.138 e. The highest BCUT2D eigenvalue weighted by Crippen LogP contribution is 2.23. The molecule has 3 aromatic carbocycles. The van der Waals surface area contributed by atoms with E-state index in [1.165, 1.54) is 6.07 Å². The number of imidazole rings is 1. The molecular formula is C21H14FN3O. The number of hydrogen-bond donors (Lipinski definition) is 1. The minimum absolute atomic E-state index is 0.0987. The van der Waals surface area contributed by atoms with Crippen molar-refractivity contribution in [2.45, 2.75) is 6.61 Å². The van der Waals surface area contributed by atoms with Gasteiger partial charge < -0.3 is 9.72 Å². The van der Waals surface area contributed by atoms with Crippen LogP contribution in [0.5, 0.6) is 5.75 Å². The molecule has 0 aliphatic rings. The van der Waals surface area contributed by atoms with E-state index in [1.54, 1.807) is 12.1 Å². The summed E-state index contributed by atoms with van der Waals surface area (Å²) < 4.78 is 19.5. The highest BCUT2D eigenvalue weighted by atomic mass is 19.1. The molecule has 4 rings (SSSR count). The van der Waals surface area contributed by atoms with Crippen molar-refractivity contribution >= 4 is 11.0 Å². The number of nitrogens with one attached hydrogen (secondary N) is 1. The SMILES string of the molecule is N#Cc1ccc(COc2ccc(-c3nc4ccccc4[nH]3)cc2)c(F)c1. The number of halogens is 1. The maximum absolute atomic E-state index is 13.9. The van der Waals surface area contributed by atoms with E-state index in [0.717, 1.165) is 22.4 Å². The van der Waals surface area contributed by atoms with Gasteiger partial charge in [0.15, 0.2) is 0 Å². The van der Waals surface area contributed by atoms with E-state index < -0.39 is 5.82 Å². The molecule has 4 aromatic rings. The molecule has 0 saturated heterocycles. The summed E-state index contributed by atoms with van der Waals surface area (Å²) in [5.41, 5.74) is 3.54. The van der Waals surface area contributed by atoms with Crippen LogP contribution in [0.4, 0.5) is 4.39 Å². The number of H-pyrrole nitrogens is 1. The van der Waals surface area contributed by atoms with Crippen molar-refractivity contribution < 1.29 is 9.13 Å². The van der Waals surface area contributed by atoms with Gasteiger partial charge in [0.05, 0.1) is 22.7 Å². The molecule has 0 aliphatic carbocycles. The highest BCUT2D eigenvalue weighted by molar-refractivity contribution is 5.79. The third kappa shape index (κ3) is 3.13. The predicted molar refractivity (Wildman–Crippen MR) is 97.0 cm³/mol. The Morgan fingerprint density at radius 2 is 1.85 bits per heavy atom. The molecule has 4 nitrogen and oxygen atoms in total. The molecule has 0 aliphatic heterocycles. The first-order valence-electron chi connectivity index (χ1n) is 8.09. The topological polar surface area (TPSA) is 61.7 Å². The molecule has 0 atom stereocenters. The molecule has 0 spiro atoms. The van der Waals surface area contributed by atoms with Crippen LogP contribution in [0, 0.1) is 17.1 Å². The lowest BCUT2D eigenvalue weighted by Gasteiger charge is -2.08. The van der Waals surface area contributed by atoms with Crippen LogP contribution < -0.4 is 4.74 Å². The quantitative estimate of drug-likeness (QED) is 0.578. The summed E-state index contributed by atoms with van der Waals surface area (Å²) in [6, 6.07) is 21.6. The lowest BCUT2D eigenvalue weighted by atomic mass is 10.1. The predicted octanol–water partition coefficient (Wildman–Crippen LogP) is 4.82. The molecule has 1 heterocycles. The van der Waals surface area contributed by atoms with Crippen molar-refractivity contribution in [3.63, 3.8) is 0 Å². The maximum atomic E-state index is 13.9. The minimum atomic E-state index is -0.442. The summed E-state index contributed by atoms with van der Waals surface area (Å²) in [6.07, 6.45) is 0. The Balaban J connectivity index is 1.48. The normalized spacial score (nSPS) is 10.6. The highest BCUT2D eigenvalue weighted by Gasteiger charge is 2.07. The summed E-state index contributed by atoms with van der Waals surface area (Å²) in [4.78, 5) is 7.84. The number of rotatable bonds is 4. The number of para-hydroxylation sites is 2. The van der Waals surface area contributed by atoms with Crippen LogP contribution in [0.3, 0.4) is 0 Å². The monoisotopic (exact) mass is 343 g/mol. The number of ether oxygens (including phenoxy) is 1. The van der Waals surface area contributed by atoms with Crippen LogP contribution in [0.15, 0.2) is 66.7 Å². The van der Waals surface area contributed by atoms with Gasteiger partial charge in [-0.25, -0.2) is 9.37 Å². The van der Waals surface area contributed by atoms with Crippen LogP contribution in [-0.2, 0) is 6.61 Å². The number of fused-ring (bicyclic) bond motifs is 1. The van der Waals surface area contributed by atoms with Gasteiger partial charge in [-0.3, -0.25) is 0 Å². The summed E-state index contributed by atoms with van der Waals surface area (Å²) in [6.45, 7) is 0.0987. The number of benzene rings is 3. The van der Waals surface area contributed by atoms with Crippen molar-refractivity contribution in [2.24, 2.45) is 0 Å². The molecule has 0 saturated carbocycles. The first-order chi connectivity index (χ1) is 12.7. The summed E-state index contributed by atoms with van der Waals surface area (Å²) in [5, 5.41) is 8.77. The minimum Gasteiger partial charge on any atom is -0.489 e. The van der Waals surface area contributed by atoms with Crippen molar-refractivity contribution in [3.8, 4) is 23.2 Å². The van der Waals surface area contributed by atoms with Crippen LogP contribution in [0.2, 0.25) is 0 Å². The van der Waals surface area contributed by atoms with E-state index in [1.807, 2.05) is 54.6 Å². The lowest BCUT2D eigenvalue weighted by Crippen LogP contribution is -1.99. The van der Waals surface area contributed by atoms with Gasteiger partial charge in [-0.1, -0.05) is 18.2 Å². The van der Waals surface area contributed by atoms with Gasteiger partial charge >= 0.3 is 0 Å². The average molecular weight is 343 g/mol. The third-order valence-electron chi connectivity index (χ3n) is 4.09. The second-order valence-corrected chi connectivity index (χ2v) is 5.83. The maximum Gasteiger partial charge on any atom is 0.138 e. The molecule has 1 aromatic heterocycles. The second kappa shape index (κ2) is 6.69. The summed E-state index contributed by atoms with van der Waals surface area (Å²) in [5.74, 6) is 0.979. The van der Waals surface area contributed by atoms with E-state index in [4.69, 9.17) is 10.00 Å². The number of nitriles is 1. The lowest BCUT2D eigenvalue weighted by molar-refractivity contribution is 0.300. The van der Waals surface area contributed by atoms with Crippen LogP contribution in [0.25, 0.3) is 22.4 Å². The Kier molecular flexibility index (Phi) is 4.08. The van der Waals surface area contributed by atoms with Gasteiger partial charge in [-0.05, 0) is 48.5 Å². The van der Waals surface area contributed by atoms with E-state index in [2.05, 4.69) is 9.97 Å². The Morgan fingerprint density at radius 3 is 2.58 bits per heavy atom. The van der Waals surface area contributed by atoms with Gasteiger partial charge in [-0.15, -0.1) is 0 Å². The van der Waals surface area contributed by atoms with Crippen LogP contribution in [-0.4, -0.2) is 9.97 Å². The zero-order valence-corrected chi connectivity index (χ0v) is 13.7. The molecule has 0 bridgehead atoms. The number of nitrogens with zero attached hydrogens (tertiary/aromatic N) is 2. The largest absolute Gasteiger partial charge is 0.489 e. The van der Waals surface area contributed by atoms with Gasteiger partial charge in [0.25, 0.3) is 0 Å². The molecule has 126 valence electrons. The molecule has 0 amide bonds. The number of aromatic nitrogens is 2. The Hall–Kier alpha value is -3.65. The Bertz CT molecular complexity index is 1080. The van der Waals surface area contributed by atoms with E-state index in [0.29, 0.717) is 16.9 Å². The van der Waals surface area contributed by atoms with Crippen LogP contribution in [0.1, 0.15) is 11.1 Å². The molecule has 0 fully saturated rings. The van der Waals surface area contributed by atoms with Gasteiger partial charge in [0, 0.05) is 11.1 Å². The Labute approximate surface area is 149 Å². The Morgan fingerprint density at radius 1 is 1.04 bits per heavy atom. The van der Waals surface area contributed by atoms with Crippen molar-refractivity contribution in [1.82, 2.24) is 9.97 Å². The van der Waals surface area contributed by atoms with Crippen molar-refractivity contribution in [1.29, 1.82) is 5.26 Å². The second-order valence-electron chi connectivity index (χ2n) is 5.83. The zero-order chi connectivity index (χ0) is 17.9. The van der Waals surface area contributed by atoms with E-state index in [9.17, 15) is 4.39 Å². The average Bonchev–Trinajstić information content (AvgIpc) is 3.11. The van der Waals surface area contributed by atoms with Crippen molar-refractivity contribution in [2.75, 3.05) is 0 Å². The molecule has 0 radical (unpaired) electrons. The standard InChI is InChI=1S/C21H14FN3O/c22-18-11-14(12-23)5-6-16(18)13-26-17-9-7-15(8-10-17)21-24-19-3-1-2-4-20(19)25-21/h1-11H,13H2,(H,24,25). The fourth-order valence-electron chi connectivity index (χ4n) is 2.69. The van der Waals surface area contributed by atoms with Gasteiger partial charge in [0.1, 0.15) is 24.0 Å². The zero-order valence-electron chi connectivity index (χ0n) is 13.7. The fourth-order valence-corrected chi connectivity index (χ4v) is 2.69. The van der Waals surface area contributed by atoms with Crippen LogP contribution >= 0.6 is 0 Å². The first kappa shape index (κ1) is 15.9. The number of aromatic amines is 1. The third-order valence-corrected chi connectivity index (χ3v) is 4.09. The molecule has 5 heteroatoms. The summed E-state index contributed by atoms with van der Waals surface area (Å²) in [7, 11) is 0. The molecule has 1 N–H and O–H groups in total. The fraction of sp³-hybridized carbons (Fsp3) is 0.0476. The van der Waals surface area contributed by atoms with Gasteiger partial charge in [0.2, 0.25) is 0 Å². The van der Waals surface area contributed by atoms with Gasteiger partial charge in [-0.2, -0.15) is 5.26 Å². The van der Waals surface area contributed by atoms with Crippen molar-refractivity contribution in [3.05, 3.63) is 83.7 Å². The van der Waals surface area contributed by atoms with E-state index in [-0.39, 0.29) is 6.61 Å². The molecule has 26 heavy (non-hydrogen) atoms. The van der Waals surface area contributed by atoms with E-state index >= 15 is 0 Å². The molecule has 0 unspecified atom stereocenters. The number of hydrogen-bond acceptors (Lipinski definition) is 3. The summed E-state index contributed by atoms with van der Waals surface area (Å²) >= 11 is 0. The first-order valence-corrected chi connectivity index (χ1v) is 8.09.